The van der Waals surface area contributed by atoms with Crippen LogP contribution in [0.2, 0.25) is 0 Å². The molecule has 2 amide bonds. The predicted octanol–water partition coefficient (Wildman–Crippen LogP) is 2.43. The van der Waals surface area contributed by atoms with E-state index in [0.29, 0.717) is 12.5 Å². The number of carbonyl (C=O) groups is 1. The molecule has 1 aromatic rings. The zero-order valence-electron chi connectivity index (χ0n) is 13.8. The van der Waals surface area contributed by atoms with E-state index < -0.39 is 0 Å². The van der Waals surface area contributed by atoms with Crippen molar-refractivity contribution in [2.45, 2.75) is 31.7 Å². The van der Waals surface area contributed by atoms with E-state index in [4.69, 9.17) is 9.84 Å². The summed E-state index contributed by atoms with van der Waals surface area (Å²) in [5, 5.41) is 14.9. The molecule has 3 atom stereocenters. The van der Waals surface area contributed by atoms with Gasteiger partial charge < -0.3 is 20.5 Å². The molecule has 5 nitrogen and oxygen atoms in total. The van der Waals surface area contributed by atoms with Crippen molar-refractivity contribution >= 4 is 6.03 Å². The van der Waals surface area contributed by atoms with Gasteiger partial charge in [0, 0.05) is 25.1 Å². The van der Waals surface area contributed by atoms with Gasteiger partial charge in [-0.1, -0.05) is 31.2 Å². The van der Waals surface area contributed by atoms with Crippen LogP contribution < -0.4 is 15.4 Å². The molecule has 3 N–H and O–H groups in total. The van der Waals surface area contributed by atoms with Gasteiger partial charge in [-0.05, 0) is 36.5 Å². The van der Waals surface area contributed by atoms with Crippen molar-refractivity contribution in [1.82, 2.24) is 10.6 Å². The summed E-state index contributed by atoms with van der Waals surface area (Å²) in [5.74, 6) is 1.38. The van der Waals surface area contributed by atoms with Gasteiger partial charge >= 0.3 is 6.03 Å². The molecule has 0 spiro atoms. The highest BCUT2D eigenvalue weighted by atomic mass is 16.5. The molecule has 1 aliphatic rings. The van der Waals surface area contributed by atoms with Gasteiger partial charge in [0.15, 0.2) is 0 Å². The maximum Gasteiger partial charge on any atom is 0.315 e. The molecule has 0 radical (unpaired) electrons. The zero-order valence-corrected chi connectivity index (χ0v) is 13.8. The number of methoxy groups -OCH3 is 1. The molecule has 0 saturated carbocycles. The Morgan fingerprint density at radius 3 is 2.70 bits per heavy atom. The number of benzene rings is 1. The van der Waals surface area contributed by atoms with Gasteiger partial charge in [-0.15, -0.1) is 0 Å². The highest BCUT2D eigenvalue weighted by Gasteiger charge is 2.19. The SMILES string of the molecule is COc1ccc(C(C)CCNC(=O)N[C@@H]2C=C[C@H](CO)C2)cc1. The van der Waals surface area contributed by atoms with Crippen LogP contribution in [0.3, 0.4) is 0 Å². The van der Waals surface area contributed by atoms with Gasteiger partial charge in [0.1, 0.15) is 5.75 Å². The van der Waals surface area contributed by atoms with Crippen molar-refractivity contribution in [1.29, 1.82) is 0 Å². The highest BCUT2D eigenvalue weighted by Crippen LogP contribution is 2.21. The summed E-state index contributed by atoms with van der Waals surface area (Å²) in [4.78, 5) is 11.9. The first-order chi connectivity index (χ1) is 11.1. The Morgan fingerprint density at radius 2 is 2.09 bits per heavy atom. The third-order valence-corrected chi connectivity index (χ3v) is 4.27. The Balaban J connectivity index is 1.67. The summed E-state index contributed by atoms with van der Waals surface area (Å²) >= 11 is 0. The van der Waals surface area contributed by atoms with Crippen LogP contribution in [-0.2, 0) is 0 Å². The number of carbonyl (C=O) groups excluding carboxylic acids is 1. The Hall–Kier alpha value is -2.01. The average molecular weight is 318 g/mol. The lowest BCUT2D eigenvalue weighted by atomic mass is 9.98. The van der Waals surface area contributed by atoms with Crippen molar-refractivity contribution in [3.05, 3.63) is 42.0 Å². The van der Waals surface area contributed by atoms with Crippen molar-refractivity contribution < 1.29 is 14.6 Å². The molecular formula is C18H26N2O3. The predicted molar refractivity (Wildman–Crippen MR) is 90.7 cm³/mol. The normalized spacial score (nSPS) is 21.0. The molecule has 2 rings (SSSR count). The number of amides is 2. The van der Waals surface area contributed by atoms with Gasteiger partial charge in [0.05, 0.1) is 7.11 Å². The van der Waals surface area contributed by atoms with Crippen LogP contribution in [-0.4, -0.2) is 37.4 Å². The molecule has 0 fully saturated rings. The van der Waals surface area contributed by atoms with Gasteiger partial charge in [-0.3, -0.25) is 0 Å². The number of rotatable bonds is 7. The number of hydrogen-bond acceptors (Lipinski definition) is 3. The van der Waals surface area contributed by atoms with Gasteiger partial charge in [-0.2, -0.15) is 0 Å². The first-order valence-electron chi connectivity index (χ1n) is 8.10. The topological polar surface area (TPSA) is 70.6 Å². The van der Waals surface area contributed by atoms with Crippen LogP contribution in [0.1, 0.15) is 31.2 Å². The van der Waals surface area contributed by atoms with Crippen LogP contribution in [0.4, 0.5) is 4.79 Å². The van der Waals surface area contributed by atoms with E-state index >= 15 is 0 Å². The highest BCUT2D eigenvalue weighted by molar-refractivity contribution is 5.74. The number of urea groups is 1. The van der Waals surface area contributed by atoms with E-state index in [1.165, 1.54) is 5.56 Å². The summed E-state index contributed by atoms with van der Waals surface area (Å²) in [5.41, 5.74) is 1.23. The van der Waals surface area contributed by atoms with E-state index in [9.17, 15) is 4.79 Å². The molecule has 23 heavy (non-hydrogen) atoms. The molecule has 0 heterocycles. The Labute approximate surface area is 137 Å². The largest absolute Gasteiger partial charge is 0.497 e. The van der Waals surface area contributed by atoms with Crippen LogP contribution in [0, 0.1) is 5.92 Å². The second-order valence-electron chi connectivity index (χ2n) is 6.03. The summed E-state index contributed by atoms with van der Waals surface area (Å²) in [6, 6.07) is 7.89. The standard InChI is InChI=1S/C18H26N2O3/c1-13(15-4-7-17(23-2)8-5-15)9-10-19-18(22)20-16-6-3-14(11-16)12-21/h3-8,13-14,16,21H,9-12H2,1-2H3,(H2,19,20,22)/t13?,14-,16+/m0/s1. The number of aliphatic hydroxyl groups is 1. The van der Waals surface area contributed by atoms with Crippen LogP contribution in [0.15, 0.2) is 36.4 Å². The van der Waals surface area contributed by atoms with E-state index in [1.807, 2.05) is 24.3 Å². The molecule has 0 aromatic heterocycles. The second-order valence-corrected chi connectivity index (χ2v) is 6.03. The molecule has 0 aliphatic heterocycles. The molecule has 5 heteroatoms. The van der Waals surface area contributed by atoms with Crippen LogP contribution >= 0.6 is 0 Å². The van der Waals surface area contributed by atoms with Crippen LogP contribution in [0.25, 0.3) is 0 Å². The number of hydrogen-bond donors (Lipinski definition) is 3. The minimum atomic E-state index is -0.153. The average Bonchev–Trinajstić information content (AvgIpc) is 3.02. The fourth-order valence-electron chi connectivity index (χ4n) is 2.74. The maximum atomic E-state index is 11.9. The summed E-state index contributed by atoms with van der Waals surface area (Å²) < 4.78 is 5.15. The van der Waals surface area contributed by atoms with E-state index in [0.717, 1.165) is 18.6 Å². The molecule has 0 bridgehead atoms. The van der Waals surface area contributed by atoms with Crippen molar-refractivity contribution in [2.24, 2.45) is 5.92 Å². The second kappa shape index (κ2) is 8.58. The molecule has 0 saturated heterocycles. The lowest BCUT2D eigenvalue weighted by Crippen LogP contribution is -2.41. The van der Waals surface area contributed by atoms with Crippen LogP contribution in [0.5, 0.6) is 5.75 Å². The number of nitrogens with one attached hydrogen (secondary N) is 2. The molecule has 1 aromatic carbocycles. The monoisotopic (exact) mass is 318 g/mol. The number of ether oxygens (including phenoxy) is 1. The van der Waals surface area contributed by atoms with E-state index in [1.54, 1.807) is 7.11 Å². The van der Waals surface area contributed by atoms with Gasteiger partial charge in [-0.25, -0.2) is 4.79 Å². The third-order valence-electron chi connectivity index (χ3n) is 4.27. The third kappa shape index (κ3) is 5.28. The smallest absolute Gasteiger partial charge is 0.315 e. The summed E-state index contributed by atoms with van der Waals surface area (Å²) in [7, 11) is 1.66. The maximum absolute atomic E-state index is 11.9. The lowest BCUT2D eigenvalue weighted by Gasteiger charge is -2.16. The van der Waals surface area contributed by atoms with E-state index in [-0.39, 0.29) is 24.6 Å². The van der Waals surface area contributed by atoms with Crippen molar-refractivity contribution in [3.8, 4) is 5.75 Å². The molecule has 1 unspecified atom stereocenters. The van der Waals surface area contributed by atoms with E-state index in [2.05, 4.69) is 29.7 Å². The molecule has 1 aliphatic carbocycles. The van der Waals surface area contributed by atoms with Crippen molar-refractivity contribution in [2.75, 3.05) is 20.3 Å². The first kappa shape index (κ1) is 17.3. The summed E-state index contributed by atoms with van der Waals surface area (Å²) in [6.07, 6.45) is 5.54. The minimum absolute atomic E-state index is 0.0196. The first-order valence-corrected chi connectivity index (χ1v) is 8.10. The quantitative estimate of drug-likeness (QED) is 0.676. The minimum Gasteiger partial charge on any atom is -0.497 e. The fraction of sp³-hybridized carbons (Fsp3) is 0.500. The van der Waals surface area contributed by atoms with Gasteiger partial charge in [0.2, 0.25) is 0 Å². The summed E-state index contributed by atoms with van der Waals surface area (Å²) in [6.45, 7) is 2.90. The fourth-order valence-corrected chi connectivity index (χ4v) is 2.74. The zero-order chi connectivity index (χ0) is 16.7. The van der Waals surface area contributed by atoms with Crippen molar-refractivity contribution in [3.63, 3.8) is 0 Å². The van der Waals surface area contributed by atoms with Gasteiger partial charge in [0.25, 0.3) is 0 Å². The lowest BCUT2D eigenvalue weighted by molar-refractivity contribution is 0.231. The Kier molecular flexibility index (Phi) is 6.47. The Bertz CT molecular complexity index is 528. The Morgan fingerprint density at radius 1 is 1.35 bits per heavy atom. The molecule has 126 valence electrons. The number of aliphatic hydroxyl groups excluding tert-OH is 1. The molecular weight excluding hydrogens is 292 g/mol.